The van der Waals surface area contributed by atoms with E-state index in [1.54, 1.807) is 0 Å². The van der Waals surface area contributed by atoms with Gasteiger partial charge in [-0.15, -0.1) is 0 Å². The van der Waals surface area contributed by atoms with Gasteiger partial charge in [-0.1, -0.05) is 30.3 Å². The van der Waals surface area contributed by atoms with Crippen molar-refractivity contribution >= 4 is 17.3 Å². The van der Waals surface area contributed by atoms with Crippen LogP contribution in [-0.4, -0.2) is 87.9 Å². The predicted octanol–water partition coefficient (Wildman–Crippen LogP) is 0.0809. The van der Waals surface area contributed by atoms with E-state index in [0.29, 0.717) is 26.4 Å². The molecule has 0 unspecified atom stereocenters. The second kappa shape index (κ2) is 14.2. The molecule has 1 N–H and O–H groups in total. The van der Waals surface area contributed by atoms with E-state index < -0.39 is 0 Å². The number of hydrogen-bond acceptors (Lipinski definition) is 7. The van der Waals surface area contributed by atoms with Crippen LogP contribution in [0, 0.1) is 0 Å². The molecule has 0 saturated carbocycles. The van der Waals surface area contributed by atoms with Crippen molar-refractivity contribution in [1.82, 2.24) is 9.80 Å². The van der Waals surface area contributed by atoms with E-state index in [1.165, 1.54) is 5.56 Å². The van der Waals surface area contributed by atoms with Crippen LogP contribution in [-0.2, 0) is 16.1 Å². The summed E-state index contributed by atoms with van der Waals surface area (Å²) < 4.78 is 17.4. The van der Waals surface area contributed by atoms with Gasteiger partial charge in [0.1, 0.15) is 11.5 Å². The minimum atomic E-state index is 0. The van der Waals surface area contributed by atoms with Crippen molar-refractivity contribution in [2.75, 3.05) is 82.5 Å². The summed E-state index contributed by atoms with van der Waals surface area (Å²) in [5.41, 5.74) is 3.09. The maximum atomic E-state index is 13.0. The van der Waals surface area contributed by atoms with Crippen LogP contribution in [0.1, 0.15) is 19.4 Å². The van der Waals surface area contributed by atoms with Crippen molar-refractivity contribution in [3.05, 3.63) is 48.0 Å². The Morgan fingerprint density at radius 3 is 2.25 bits per heavy atom. The molecule has 0 spiro atoms. The van der Waals surface area contributed by atoms with Crippen molar-refractivity contribution in [1.29, 1.82) is 0 Å². The monoisotopic (exact) mass is 517 g/mol. The third-order valence-corrected chi connectivity index (χ3v) is 6.42. The lowest BCUT2D eigenvalue weighted by Gasteiger charge is -2.35. The van der Waals surface area contributed by atoms with Crippen LogP contribution in [0.25, 0.3) is 0 Å². The number of amides is 1. The highest BCUT2D eigenvalue weighted by atomic mass is 35.5. The number of hydrogen-bond donors (Lipinski definition) is 1. The van der Waals surface area contributed by atoms with Gasteiger partial charge in [0.15, 0.2) is 0 Å². The van der Waals surface area contributed by atoms with Crippen LogP contribution in [0.15, 0.2) is 42.5 Å². The van der Waals surface area contributed by atoms with Crippen molar-refractivity contribution in [2.24, 2.45) is 0 Å². The largest absolute Gasteiger partial charge is 1.00 e. The van der Waals surface area contributed by atoms with E-state index in [2.05, 4.69) is 39.4 Å². The maximum absolute atomic E-state index is 13.0. The van der Waals surface area contributed by atoms with Gasteiger partial charge >= 0.3 is 0 Å². The zero-order chi connectivity index (χ0) is 24.5. The first-order valence-electron chi connectivity index (χ1n) is 12.7. The summed E-state index contributed by atoms with van der Waals surface area (Å²) in [5.74, 6) is 1.63. The highest BCUT2D eigenvalue weighted by molar-refractivity contribution is 5.82. The topological polar surface area (TPSA) is 66.5 Å². The average molecular weight is 518 g/mol. The molecule has 4 rings (SSSR count). The molecule has 198 valence electrons. The molecule has 9 heteroatoms. The summed E-state index contributed by atoms with van der Waals surface area (Å²) in [5, 5.41) is 3.32. The van der Waals surface area contributed by atoms with Crippen LogP contribution in [0.3, 0.4) is 0 Å². The number of carbonyl (C=O) groups excluding carboxylic acids is 1. The summed E-state index contributed by atoms with van der Waals surface area (Å²) >= 11 is 0. The molecule has 2 aromatic carbocycles. The zero-order valence-corrected chi connectivity index (χ0v) is 22.1. The molecule has 0 atom stereocenters. The quantitative estimate of drug-likeness (QED) is 0.479. The van der Waals surface area contributed by atoms with Gasteiger partial charge in [-0.2, -0.15) is 0 Å². The SMILES string of the molecule is CCOc1cc(N2CCOCC2)c(OCC)cc1NCC(=O)N1CCN(Cc2ccccc2)CC1.[Cl-]. The third kappa shape index (κ3) is 7.41. The third-order valence-electron chi connectivity index (χ3n) is 6.42. The zero-order valence-electron chi connectivity index (χ0n) is 21.4. The number of ether oxygens (including phenoxy) is 3. The Balaban J connectivity index is 0.00000361. The molecule has 0 bridgehead atoms. The smallest absolute Gasteiger partial charge is 0.241 e. The molecular weight excluding hydrogens is 480 g/mol. The Kier molecular flexibility index (Phi) is 11.0. The number of anilines is 2. The first-order chi connectivity index (χ1) is 17.2. The lowest BCUT2D eigenvalue weighted by molar-refractivity contribution is -0.131. The van der Waals surface area contributed by atoms with Crippen molar-refractivity contribution in [3.8, 4) is 11.5 Å². The van der Waals surface area contributed by atoms with Gasteiger partial charge in [-0.25, -0.2) is 0 Å². The fourth-order valence-electron chi connectivity index (χ4n) is 4.56. The van der Waals surface area contributed by atoms with Crippen LogP contribution < -0.4 is 32.1 Å². The second-order valence-electron chi connectivity index (χ2n) is 8.78. The molecule has 0 radical (unpaired) electrons. The van der Waals surface area contributed by atoms with Crippen molar-refractivity contribution < 1.29 is 31.4 Å². The van der Waals surface area contributed by atoms with Gasteiger partial charge in [0.25, 0.3) is 0 Å². The number of halogens is 1. The molecular formula is C27H38ClN4O4-. The Labute approximate surface area is 220 Å². The van der Waals surface area contributed by atoms with Gasteiger partial charge in [0.2, 0.25) is 5.91 Å². The lowest BCUT2D eigenvalue weighted by atomic mass is 10.2. The fraction of sp³-hybridized carbons (Fsp3) is 0.519. The predicted molar refractivity (Wildman–Crippen MR) is 139 cm³/mol. The minimum Gasteiger partial charge on any atom is -1.00 e. The number of piperazine rings is 1. The highest BCUT2D eigenvalue weighted by Gasteiger charge is 2.23. The van der Waals surface area contributed by atoms with Gasteiger partial charge in [0, 0.05) is 57.9 Å². The molecule has 2 saturated heterocycles. The highest BCUT2D eigenvalue weighted by Crippen LogP contribution is 2.39. The fourth-order valence-corrected chi connectivity index (χ4v) is 4.56. The summed E-state index contributed by atoms with van der Waals surface area (Å²) in [7, 11) is 0. The number of carbonyl (C=O) groups is 1. The van der Waals surface area contributed by atoms with Gasteiger partial charge in [-0.3, -0.25) is 9.69 Å². The average Bonchev–Trinajstić information content (AvgIpc) is 2.90. The van der Waals surface area contributed by atoms with Gasteiger partial charge < -0.3 is 41.7 Å². The van der Waals surface area contributed by atoms with Crippen molar-refractivity contribution in [2.45, 2.75) is 20.4 Å². The van der Waals surface area contributed by atoms with Crippen LogP contribution in [0.4, 0.5) is 11.4 Å². The molecule has 0 aliphatic carbocycles. The number of benzene rings is 2. The lowest BCUT2D eigenvalue weighted by Crippen LogP contribution is -3.00. The molecule has 2 aromatic rings. The Bertz CT molecular complexity index is 948. The first kappa shape index (κ1) is 27.9. The number of rotatable bonds is 10. The summed E-state index contributed by atoms with van der Waals surface area (Å²) in [4.78, 5) is 19.6. The van der Waals surface area contributed by atoms with E-state index >= 15 is 0 Å². The second-order valence-corrected chi connectivity index (χ2v) is 8.78. The molecule has 2 fully saturated rings. The Hall–Kier alpha value is -2.68. The molecule has 36 heavy (non-hydrogen) atoms. The molecule has 0 aromatic heterocycles. The van der Waals surface area contributed by atoms with Crippen LogP contribution in [0.2, 0.25) is 0 Å². The normalized spacial score (nSPS) is 16.3. The van der Waals surface area contributed by atoms with Crippen LogP contribution >= 0.6 is 0 Å². The summed E-state index contributed by atoms with van der Waals surface area (Å²) in [6.07, 6.45) is 0. The molecule has 1 amide bonds. The number of nitrogens with one attached hydrogen (secondary N) is 1. The van der Waals surface area contributed by atoms with Crippen molar-refractivity contribution in [3.63, 3.8) is 0 Å². The number of nitrogens with zero attached hydrogens (tertiary/aromatic N) is 3. The van der Waals surface area contributed by atoms with E-state index in [9.17, 15) is 4.79 Å². The summed E-state index contributed by atoms with van der Waals surface area (Å²) in [6.45, 7) is 12.5. The van der Waals surface area contributed by atoms with E-state index in [-0.39, 0.29) is 24.9 Å². The van der Waals surface area contributed by atoms with E-state index in [1.807, 2.05) is 36.9 Å². The van der Waals surface area contributed by atoms with Gasteiger partial charge in [-0.05, 0) is 19.4 Å². The Morgan fingerprint density at radius 1 is 0.917 bits per heavy atom. The number of morpholine rings is 1. The minimum absolute atomic E-state index is 0. The van der Waals surface area contributed by atoms with E-state index in [0.717, 1.165) is 68.7 Å². The van der Waals surface area contributed by atoms with Gasteiger partial charge in [0.05, 0.1) is 44.3 Å². The summed E-state index contributed by atoms with van der Waals surface area (Å²) in [6, 6.07) is 14.5. The molecule has 8 nitrogen and oxygen atoms in total. The van der Waals surface area contributed by atoms with E-state index in [4.69, 9.17) is 14.2 Å². The molecule has 2 aliphatic heterocycles. The molecule has 2 heterocycles. The van der Waals surface area contributed by atoms with Crippen LogP contribution in [0.5, 0.6) is 11.5 Å². The Morgan fingerprint density at radius 2 is 1.58 bits per heavy atom. The maximum Gasteiger partial charge on any atom is 0.241 e. The standard InChI is InChI=1S/C27H38N4O4.ClH/c1-3-34-25-19-24(30-14-16-33-17-15-30)26(35-4-2)18-23(25)28-20-27(32)31-12-10-29(11-13-31)21-22-8-6-5-7-9-22;/h5-9,18-19,28H,3-4,10-17,20-21H2,1-2H3;1H/p-1. The first-order valence-corrected chi connectivity index (χ1v) is 12.7. The molecule has 2 aliphatic rings.